The fraction of sp³-hybridized carbons (Fsp3) is 0.143. The van der Waals surface area contributed by atoms with Crippen LogP contribution in [0, 0.1) is 0 Å². The minimum atomic E-state index is -0.541. The monoisotopic (exact) mass is 285 g/mol. The zero-order chi connectivity index (χ0) is 14.8. The molecule has 0 amide bonds. The molecule has 0 saturated heterocycles. The highest BCUT2D eigenvalue weighted by atomic mass is 16.5. The molecule has 3 aromatic rings. The van der Waals surface area contributed by atoms with E-state index in [0.29, 0.717) is 11.2 Å². The maximum atomic E-state index is 12.2. The van der Waals surface area contributed by atoms with Crippen molar-refractivity contribution < 1.29 is 14.1 Å². The van der Waals surface area contributed by atoms with Crippen LogP contribution in [0.2, 0.25) is 0 Å². The van der Waals surface area contributed by atoms with Crippen LogP contribution in [0.25, 0.3) is 22.4 Å². The number of carbonyl (C=O) groups is 1. The SMILES string of the molecule is COC(=O)Cn1cnc2c(-c3ccccc3)noc2c1=O. The van der Waals surface area contributed by atoms with Gasteiger partial charge in [-0.25, -0.2) is 4.98 Å². The van der Waals surface area contributed by atoms with E-state index in [1.165, 1.54) is 13.4 Å². The lowest BCUT2D eigenvalue weighted by Gasteiger charge is -2.02. The van der Waals surface area contributed by atoms with E-state index in [1.54, 1.807) is 0 Å². The van der Waals surface area contributed by atoms with E-state index in [4.69, 9.17) is 4.52 Å². The van der Waals surface area contributed by atoms with E-state index in [9.17, 15) is 9.59 Å². The van der Waals surface area contributed by atoms with E-state index in [0.717, 1.165) is 10.1 Å². The van der Waals surface area contributed by atoms with Crippen LogP contribution in [0.5, 0.6) is 0 Å². The van der Waals surface area contributed by atoms with Gasteiger partial charge in [0, 0.05) is 5.56 Å². The molecule has 0 N–H and O–H groups in total. The van der Waals surface area contributed by atoms with E-state index in [-0.39, 0.29) is 12.1 Å². The van der Waals surface area contributed by atoms with E-state index in [1.807, 2.05) is 30.3 Å². The van der Waals surface area contributed by atoms with Crippen LogP contribution in [0.4, 0.5) is 0 Å². The Labute approximate surface area is 118 Å². The molecule has 0 bridgehead atoms. The Bertz CT molecular complexity index is 852. The Morgan fingerprint density at radius 2 is 2.10 bits per heavy atom. The van der Waals surface area contributed by atoms with Crippen LogP contribution in [0.3, 0.4) is 0 Å². The predicted octanol–water partition coefficient (Wildman–Crippen LogP) is 1.22. The van der Waals surface area contributed by atoms with Crippen LogP contribution in [-0.4, -0.2) is 27.8 Å². The van der Waals surface area contributed by atoms with Crippen LogP contribution in [0.1, 0.15) is 0 Å². The molecule has 106 valence electrons. The first-order chi connectivity index (χ1) is 10.2. The molecule has 7 nitrogen and oxygen atoms in total. The third kappa shape index (κ3) is 2.29. The third-order valence-electron chi connectivity index (χ3n) is 3.02. The van der Waals surface area contributed by atoms with Gasteiger partial charge in [-0.2, -0.15) is 0 Å². The molecule has 7 heteroatoms. The summed E-state index contributed by atoms with van der Waals surface area (Å²) in [5.41, 5.74) is 1.20. The fourth-order valence-corrected chi connectivity index (χ4v) is 1.96. The Kier molecular flexibility index (Phi) is 3.23. The van der Waals surface area contributed by atoms with Gasteiger partial charge in [-0.15, -0.1) is 0 Å². The quantitative estimate of drug-likeness (QED) is 0.672. The van der Waals surface area contributed by atoms with Gasteiger partial charge in [-0.05, 0) is 0 Å². The zero-order valence-electron chi connectivity index (χ0n) is 11.1. The van der Waals surface area contributed by atoms with Crippen molar-refractivity contribution >= 4 is 17.1 Å². The first kappa shape index (κ1) is 13.0. The van der Waals surface area contributed by atoms with Gasteiger partial charge < -0.3 is 9.26 Å². The summed E-state index contributed by atoms with van der Waals surface area (Å²) in [6, 6.07) is 9.28. The van der Waals surface area contributed by atoms with Crippen molar-refractivity contribution in [2.24, 2.45) is 0 Å². The smallest absolute Gasteiger partial charge is 0.325 e. The van der Waals surface area contributed by atoms with E-state index >= 15 is 0 Å². The molecule has 0 aliphatic carbocycles. The van der Waals surface area contributed by atoms with Gasteiger partial charge >= 0.3 is 5.97 Å². The first-order valence-electron chi connectivity index (χ1n) is 6.18. The summed E-state index contributed by atoms with van der Waals surface area (Å²) in [6.07, 6.45) is 1.28. The van der Waals surface area contributed by atoms with Crippen LogP contribution >= 0.6 is 0 Å². The highest BCUT2D eigenvalue weighted by Gasteiger charge is 2.17. The highest BCUT2D eigenvalue weighted by Crippen LogP contribution is 2.23. The van der Waals surface area contributed by atoms with Gasteiger partial charge in [-0.3, -0.25) is 14.2 Å². The Morgan fingerprint density at radius 1 is 1.33 bits per heavy atom. The summed E-state index contributed by atoms with van der Waals surface area (Å²) in [7, 11) is 1.25. The second-order valence-corrected chi connectivity index (χ2v) is 4.33. The number of hydrogen-bond donors (Lipinski definition) is 0. The molecule has 0 saturated carbocycles. The standard InChI is InChI=1S/C14H11N3O4/c1-20-10(18)7-17-8-15-12-11(9-5-3-2-4-6-9)16-21-13(12)14(17)19/h2-6,8H,7H2,1H3. The largest absolute Gasteiger partial charge is 0.468 e. The van der Waals surface area contributed by atoms with Crippen molar-refractivity contribution in [3.05, 3.63) is 47.0 Å². The molecule has 0 fully saturated rings. The van der Waals surface area contributed by atoms with Gasteiger partial charge in [0.2, 0.25) is 0 Å². The van der Waals surface area contributed by atoms with Crippen molar-refractivity contribution in [3.63, 3.8) is 0 Å². The number of carbonyl (C=O) groups excluding carboxylic acids is 1. The van der Waals surface area contributed by atoms with Crippen LogP contribution in [0.15, 0.2) is 46.0 Å². The van der Waals surface area contributed by atoms with Crippen molar-refractivity contribution in [1.82, 2.24) is 14.7 Å². The minimum absolute atomic E-state index is 0.0141. The normalized spacial score (nSPS) is 10.7. The lowest BCUT2D eigenvalue weighted by atomic mass is 10.1. The average Bonchev–Trinajstić information content (AvgIpc) is 2.95. The molecule has 0 aliphatic heterocycles. The maximum absolute atomic E-state index is 12.2. The molecule has 0 atom stereocenters. The number of methoxy groups -OCH3 is 1. The van der Waals surface area contributed by atoms with E-state index < -0.39 is 11.5 Å². The van der Waals surface area contributed by atoms with Gasteiger partial charge in [-0.1, -0.05) is 35.5 Å². The molecule has 0 spiro atoms. The summed E-state index contributed by atoms with van der Waals surface area (Å²) < 4.78 is 10.7. The molecule has 0 aliphatic rings. The molecule has 0 unspecified atom stereocenters. The van der Waals surface area contributed by atoms with Crippen molar-refractivity contribution in [2.45, 2.75) is 6.54 Å². The summed E-state index contributed by atoms with van der Waals surface area (Å²) in [5.74, 6) is -0.541. The number of aromatic nitrogens is 3. The Morgan fingerprint density at radius 3 is 2.81 bits per heavy atom. The predicted molar refractivity (Wildman–Crippen MR) is 73.5 cm³/mol. The maximum Gasteiger partial charge on any atom is 0.325 e. The van der Waals surface area contributed by atoms with Crippen LogP contribution < -0.4 is 5.56 Å². The van der Waals surface area contributed by atoms with E-state index in [2.05, 4.69) is 14.9 Å². The molecular formula is C14H11N3O4. The molecule has 21 heavy (non-hydrogen) atoms. The van der Waals surface area contributed by atoms with Crippen molar-refractivity contribution in [2.75, 3.05) is 7.11 Å². The fourth-order valence-electron chi connectivity index (χ4n) is 1.96. The number of nitrogens with zero attached hydrogens (tertiary/aromatic N) is 3. The van der Waals surface area contributed by atoms with Crippen molar-refractivity contribution in [1.29, 1.82) is 0 Å². The number of ether oxygens (including phenoxy) is 1. The third-order valence-corrected chi connectivity index (χ3v) is 3.02. The number of rotatable bonds is 3. The number of esters is 1. The van der Waals surface area contributed by atoms with Gasteiger partial charge in [0.05, 0.1) is 13.4 Å². The summed E-state index contributed by atoms with van der Waals surface area (Å²) in [5, 5.41) is 3.90. The second-order valence-electron chi connectivity index (χ2n) is 4.33. The molecular weight excluding hydrogens is 274 g/mol. The Hall–Kier alpha value is -2.96. The van der Waals surface area contributed by atoms with Gasteiger partial charge in [0.15, 0.2) is 0 Å². The molecule has 2 aromatic heterocycles. The van der Waals surface area contributed by atoms with Crippen LogP contribution in [-0.2, 0) is 16.1 Å². The summed E-state index contributed by atoms with van der Waals surface area (Å²) in [4.78, 5) is 27.6. The lowest BCUT2D eigenvalue weighted by Crippen LogP contribution is -2.24. The topological polar surface area (TPSA) is 87.2 Å². The highest BCUT2D eigenvalue weighted by molar-refractivity contribution is 5.87. The first-order valence-corrected chi connectivity index (χ1v) is 6.18. The van der Waals surface area contributed by atoms with Crippen molar-refractivity contribution in [3.8, 4) is 11.3 Å². The number of fused-ring (bicyclic) bond motifs is 1. The summed E-state index contributed by atoms with van der Waals surface area (Å²) >= 11 is 0. The van der Waals surface area contributed by atoms with Gasteiger partial charge in [0.25, 0.3) is 11.1 Å². The number of hydrogen-bond acceptors (Lipinski definition) is 6. The minimum Gasteiger partial charge on any atom is -0.468 e. The lowest BCUT2D eigenvalue weighted by molar-refractivity contribution is -0.141. The molecule has 2 heterocycles. The zero-order valence-corrected chi connectivity index (χ0v) is 11.1. The summed E-state index contributed by atoms with van der Waals surface area (Å²) in [6.45, 7) is -0.223. The molecule has 3 rings (SSSR count). The second kappa shape index (κ2) is 5.20. The molecule has 0 radical (unpaired) electrons. The Balaban J connectivity index is 2.11. The van der Waals surface area contributed by atoms with Gasteiger partial charge in [0.1, 0.15) is 17.8 Å². The average molecular weight is 285 g/mol. The number of benzene rings is 1. The molecule has 1 aromatic carbocycles.